The molecule has 0 aromatic heterocycles. The summed E-state index contributed by atoms with van der Waals surface area (Å²) in [6.07, 6.45) is 6.84. The number of rotatable bonds is 10. The Morgan fingerprint density at radius 3 is 2.07 bits per heavy atom. The number of hydrogen-bond acceptors (Lipinski definition) is 3. The van der Waals surface area contributed by atoms with E-state index in [0.29, 0.717) is 25.2 Å². The first-order valence-corrected chi connectivity index (χ1v) is 10.4. The summed E-state index contributed by atoms with van der Waals surface area (Å²) in [5.74, 6) is 1.25. The van der Waals surface area contributed by atoms with Crippen molar-refractivity contribution in [3.05, 3.63) is 0 Å². The molecule has 0 aromatic carbocycles. The van der Waals surface area contributed by atoms with Gasteiger partial charge in [-0.2, -0.15) is 0 Å². The molecule has 0 unspecified atom stereocenters. The Kier molecular flexibility index (Phi) is 15.0. The van der Waals surface area contributed by atoms with E-state index in [4.69, 9.17) is 0 Å². The van der Waals surface area contributed by atoms with E-state index in [1.807, 2.05) is 0 Å². The average Bonchev–Trinajstić information content (AvgIpc) is 2.63. The molecule has 0 atom stereocenters. The van der Waals surface area contributed by atoms with Gasteiger partial charge in [0, 0.05) is 51.2 Å². The first-order valence-electron chi connectivity index (χ1n) is 10.4. The molecule has 1 fully saturated rings. The Morgan fingerprint density at radius 2 is 1.52 bits per heavy atom. The standard InChI is InChI=1S/C20H41N5O.HI/c1-16(2)25(17(3)4)15-9-12-23-20(21-5)24-14-13-22-19(26)18-10-7-6-8-11-18;/h16-18H,6-15H2,1-5H3,(H,22,26)(H2,21,23,24);1H. The molecule has 27 heavy (non-hydrogen) atoms. The van der Waals surface area contributed by atoms with E-state index in [1.54, 1.807) is 7.05 Å². The van der Waals surface area contributed by atoms with Gasteiger partial charge >= 0.3 is 0 Å². The molecule has 0 heterocycles. The molecule has 0 bridgehead atoms. The van der Waals surface area contributed by atoms with E-state index in [2.05, 4.69) is 53.5 Å². The number of halogens is 1. The van der Waals surface area contributed by atoms with Crippen LogP contribution in [-0.2, 0) is 4.79 Å². The normalized spacial score (nSPS) is 15.8. The molecule has 0 radical (unpaired) electrons. The fourth-order valence-electron chi connectivity index (χ4n) is 3.68. The Bertz CT molecular complexity index is 415. The molecule has 1 rings (SSSR count). The second-order valence-electron chi connectivity index (χ2n) is 7.83. The highest BCUT2D eigenvalue weighted by atomic mass is 127. The summed E-state index contributed by atoms with van der Waals surface area (Å²) in [6, 6.07) is 1.14. The van der Waals surface area contributed by atoms with Crippen molar-refractivity contribution in [2.45, 2.75) is 78.3 Å². The molecule has 1 aliphatic carbocycles. The summed E-state index contributed by atoms with van der Waals surface area (Å²) in [4.78, 5) is 18.9. The van der Waals surface area contributed by atoms with Gasteiger partial charge in [0.2, 0.25) is 5.91 Å². The summed E-state index contributed by atoms with van der Waals surface area (Å²) in [5.41, 5.74) is 0. The van der Waals surface area contributed by atoms with Crippen LogP contribution in [-0.4, -0.2) is 62.1 Å². The zero-order valence-electron chi connectivity index (χ0n) is 18.0. The molecule has 6 nitrogen and oxygen atoms in total. The van der Waals surface area contributed by atoms with E-state index in [0.717, 1.165) is 38.3 Å². The van der Waals surface area contributed by atoms with Gasteiger partial charge in [-0.1, -0.05) is 19.3 Å². The minimum atomic E-state index is 0. The highest BCUT2D eigenvalue weighted by Gasteiger charge is 2.20. The maximum atomic E-state index is 12.1. The van der Waals surface area contributed by atoms with Gasteiger partial charge in [0.05, 0.1) is 0 Å². The Balaban J connectivity index is 0.00000676. The summed E-state index contributed by atoms with van der Waals surface area (Å²) >= 11 is 0. The van der Waals surface area contributed by atoms with Crippen LogP contribution in [0.5, 0.6) is 0 Å². The van der Waals surface area contributed by atoms with Crippen LogP contribution in [0.2, 0.25) is 0 Å². The van der Waals surface area contributed by atoms with E-state index in [-0.39, 0.29) is 35.8 Å². The predicted molar refractivity (Wildman–Crippen MR) is 126 cm³/mol. The third-order valence-electron chi connectivity index (χ3n) is 5.13. The molecule has 1 aliphatic rings. The molecule has 3 N–H and O–H groups in total. The van der Waals surface area contributed by atoms with Gasteiger partial charge in [0.1, 0.15) is 0 Å². The predicted octanol–water partition coefficient (Wildman–Crippen LogP) is 2.97. The fraction of sp³-hybridized carbons (Fsp3) is 0.900. The first kappa shape index (κ1) is 26.4. The van der Waals surface area contributed by atoms with Crippen molar-refractivity contribution in [3.8, 4) is 0 Å². The fourth-order valence-corrected chi connectivity index (χ4v) is 3.68. The second-order valence-corrected chi connectivity index (χ2v) is 7.83. The third kappa shape index (κ3) is 11.1. The largest absolute Gasteiger partial charge is 0.356 e. The van der Waals surface area contributed by atoms with E-state index < -0.39 is 0 Å². The lowest BCUT2D eigenvalue weighted by Crippen LogP contribution is -2.44. The van der Waals surface area contributed by atoms with Crippen LogP contribution in [0.25, 0.3) is 0 Å². The molecule has 7 heteroatoms. The maximum absolute atomic E-state index is 12.1. The van der Waals surface area contributed by atoms with Gasteiger partial charge in [-0.05, 0) is 47.0 Å². The Labute approximate surface area is 183 Å². The molecule has 0 aromatic rings. The SMILES string of the molecule is CN=C(NCCCN(C(C)C)C(C)C)NCCNC(=O)C1CCCCC1.I. The molecule has 1 amide bonds. The zero-order chi connectivity index (χ0) is 19.4. The van der Waals surface area contributed by atoms with Gasteiger partial charge in [-0.25, -0.2) is 0 Å². The van der Waals surface area contributed by atoms with Gasteiger partial charge in [-0.15, -0.1) is 24.0 Å². The van der Waals surface area contributed by atoms with E-state index in [9.17, 15) is 4.79 Å². The van der Waals surface area contributed by atoms with Crippen LogP contribution in [0.4, 0.5) is 0 Å². The number of aliphatic imine (C=N–C) groups is 1. The lowest BCUT2D eigenvalue weighted by molar-refractivity contribution is -0.125. The topological polar surface area (TPSA) is 68.8 Å². The Morgan fingerprint density at radius 1 is 0.963 bits per heavy atom. The molecule has 0 aliphatic heterocycles. The molecular weight excluding hydrogens is 453 g/mol. The minimum absolute atomic E-state index is 0. The highest BCUT2D eigenvalue weighted by Crippen LogP contribution is 2.23. The molecule has 0 saturated heterocycles. The smallest absolute Gasteiger partial charge is 0.223 e. The van der Waals surface area contributed by atoms with Gasteiger partial charge in [0.15, 0.2) is 5.96 Å². The van der Waals surface area contributed by atoms with E-state index >= 15 is 0 Å². The van der Waals surface area contributed by atoms with Crippen LogP contribution in [0.15, 0.2) is 4.99 Å². The van der Waals surface area contributed by atoms with Gasteiger partial charge in [0.25, 0.3) is 0 Å². The molecule has 1 saturated carbocycles. The van der Waals surface area contributed by atoms with Crippen LogP contribution in [0.1, 0.15) is 66.2 Å². The van der Waals surface area contributed by atoms with Crippen molar-refractivity contribution < 1.29 is 4.79 Å². The first-order chi connectivity index (χ1) is 12.5. The lowest BCUT2D eigenvalue weighted by atomic mass is 9.89. The monoisotopic (exact) mass is 495 g/mol. The number of carbonyl (C=O) groups is 1. The third-order valence-corrected chi connectivity index (χ3v) is 5.13. The number of amides is 1. The summed E-state index contributed by atoms with van der Waals surface area (Å²) in [7, 11) is 1.78. The zero-order valence-corrected chi connectivity index (χ0v) is 20.3. The number of hydrogen-bond donors (Lipinski definition) is 3. The molecule has 0 spiro atoms. The Hall–Kier alpha value is -0.570. The van der Waals surface area contributed by atoms with Crippen LogP contribution >= 0.6 is 24.0 Å². The second kappa shape index (κ2) is 15.4. The maximum Gasteiger partial charge on any atom is 0.223 e. The molecule has 160 valence electrons. The minimum Gasteiger partial charge on any atom is -0.356 e. The van der Waals surface area contributed by atoms with Gasteiger partial charge in [-0.3, -0.25) is 14.7 Å². The number of guanidine groups is 1. The quantitative estimate of drug-likeness (QED) is 0.189. The summed E-state index contributed by atoms with van der Waals surface area (Å²) < 4.78 is 0. The number of nitrogens with zero attached hydrogens (tertiary/aromatic N) is 2. The van der Waals surface area contributed by atoms with Crippen molar-refractivity contribution in [1.82, 2.24) is 20.9 Å². The van der Waals surface area contributed by atoms with Gasteiger partial charge < -0.3 is 16.0 Å². The van der Waals surface area contributed by atoms with Crippen molar-refractivity contribution in [3.63, 3.8) is 0 Å². The van der Waals surface area contributed by atoms with Crippen LogP contribution in [0.3, 0.4) is 0 Å². The average molecular weight is 495 g/mol. The van der Waals surface area contributed by atoms with Crippen molar-refractivity contribution in [2.75, 3.05) is 33.2 Å². The molecular formula is C20H42IN5O. The van der Waals surface area contributed by atoms with Crippen molar-refractivity contribution in [1.29, 1.82) is 0 Å². The van der Waals surface area contributed by atoms with Crippen LogP contribution < -0.4 is 16.0 Å². The number of carbonyl (C=O) groups excluding carboxylic acids is 1. The summed E-state index contributed by atoms with van der Waals surface area (Å²) in [5, 5.41) is 9.67. The number of nitrogens with one attached hydrogen (secondary N) is 3. The van der Waals surface area contributed by atoms with E-state index in [1.165, 1.54) is 19.3 Å². The van der Waals surface area contributed by atoms with Crippen LogP contribution in [0, 0.1) is 5.92 Å². The van der Waals surface area contributed by atoms with Crippen molar-refractivity contribution >= 4 is 35.8 Å². The van der Waals surface area contributed by atoms with Crippen molar-refractivity contribution in [2.24, 2.45) is 10.9 Å². The highest BCUT2D eigenvalue weighted by molar-refractivity contribution is 14.0. The lowest BCUT2D eigenvalue weighted by Gasteiger charge is -2.30. The summed E-state index contributed by atoms with van der Waals surface area (Å²) in [6.45, 7) is 12.3.